The molecule has 202 valence electrons. The highest BCUT2D eigenvalue weighted by Crippen LogP contribution is 2.54. The fraction of sp³-hybridized carbons (Fsp3) is 0.240. The molecule has 1 amide bonds. The van der Waals surface area contributed by atoms with E-state index >= 15 is 0 Å². The summed E-state index contributed by atoms with van der Waals surface area (Å²) in [6.07, 6.45) is -11.2. The van der Waals surface area contributed by atoms with E-state index in [2.05, 4.69) is 4.98 Å². The molecule has 0 unspecified atom stereocenters. The number of halogens is 8. The Bertz CT molecular complexity index is 1350. The predicted molar refractivity (Wildman–Crippen MR) is 124 cm³/mol. The maximum Gasteiger partial charge on any atom is 0.435 e. The summed E-state index contributed by atoms with van der Waals surface area (Å²) < 4.78 is 98.6. The van der Waals surface area contributed by atoms with Crippen molar-refractivity contribution >= 4 is 29.2 Å². The minimum atomic E-state index is -6.29. The number of hydrogen-bond donors (Lipinski definition) is 0. The van der Waals surface area contributed by atoms with Crippen LogP contribution in [-0.2, 0) is 5.67 Å². The Kier molecular flexibility index (Phi) is 7.79. The van der Waals surface area contributed by atoms with Crippen molar-refractivity contribution in [2.75, 3.05) is 11.9 Å². The van der Waals surface area contributed by atoms with Crippen LogP contribution in [0.2, 0.25) is 5.15 Å². The summed E-state index contributed by atoms with van der Waals surface area (Å²) in [5.74, 6) is -1.91. The highest BCUT2D eigenvalue weighted by molar-refractivity contribution is 6.33. The molecular formula is C25H18ClF7N2O3. The van der Waals surface area contributed by atoms with E-state index in [1.807, 2.05) is 0 Å². The number of esters is 1. The van der Waals surface area contributed by atoms with Crippen LogP contribution >= 0.6 is 11.6 Å². The maximum atomic E-state index is 14.5. The van der Waals surface area contributed by atoms with Crippen molar-refractivity contribution in [1.29, 1.82) is 0 Å². The smallest absolute Gasteiger partial charge is 0.422 e. The summed E-state index contributed by atoms with van der Waals surface area (Å²) in [7, 11) is 1.41. The summed E-state index contributed by atoms with van der Waals surface area (Å²) in [6.45, 7) is 2.15. The van der Waals surface area contributed by atoms with Crippen molar-refractivity contribution in [2.45, 2.75) is 31.9 Å². The minimum Gasteiger partial charge on any atom is -0.422 e. The summed E-state index contributed by atoms with van der Waals surface area (Å²) in [5, 5.41) is -0.0392. The summed E-state index contributed by atoms with van der Waals surface area (Å²) in [5.41, 5.74) is -7.74. The molecule has 0 aliphatic rings. The number of hydrogen-bond acceptors (Lipinski definition) is 4. The van der Waals surface area contributed by atoms with Gasteiger partial charge in [-0.05, 0) is 67.4 Å². The molecule has 0 atom stereocenters. The van der Waals surface area contributed by atoms with Crippen LogP contribution in [0, 0.1) is 13.8 Å². The van der Waals surface area contributed by atoms with Gasteiger partial charge in [0.25, 0.3) is 5.91 Å². The highest BCUT2D eigenvalue weighted by Gasteiger charge is 2.73. The average molecular weight is 563 g/mol. The Balaban J connectivity index is 1.91. The first-order valence-electron chi connectivity index (χ1n) is 10.6. The van der Waals surface area contributed by atoms with Gasteiger partial charge in [-0.1, -0.05) is 17.7 Å². The lowest BCUT2D eigenvalue weighted by atomic mass is 9.91. The highest BCUT2D eigenvalue weighted by atomic mass is 35.5. The fourth-order valence-electron chi connectivity index (χ4n) is 3.63. The van der Waals surface area contributed by atoms with E-state index in [1.54, 1.807) is 0 Å². The van der Waals surface area contributed by atoms with Gasteiger partial charge in [0.15, 0.2) is 0 Å². The number of anilines is 1. The van der Waals surface area contributed by atoms with Gasteiger partial charge in [-0.3, -0.25) is 4.79 Å². The Morgan fingerprint density at radius 3 is 2.00 bits per heavy atom. The molecule has 0 spiro atoms. The van der Waals surface area contributed by atoms with Gasteiger partial charge in [0.05, 0.1) is 11.1 Å². The van der Waals surface area contributed by atoms with Crippen molar-refractivity contribution < 1.29 is 45.1 Å². The lowest BCUT2D eigenvalue weighted by Gasteiger charge is -2.31. The van der Waals surface area contributed by atoms with Gasteiger partial charge in [0.1, 0.15) is 10.9 Å². The minimum absolute atomic E-state index is 0.0392. The number of nitrogens with zero attached hydrogens (tertiary/aromatic N) is 2. The molecule has 3 aromatic rings. The van der Waals surface area contributed by atoms with Crippen molar-refractivity contribution in [3.8, 4) is 5.75 Å². The molecule has 5 nitrogen and oxygen atoms in total. The fourth-order valence-corrected chi connectivity index (χ4v) is 3.83. The second-order valence-electron chi connectivity index (χ2n) is 8.24. The van der Waals surface area contributed by atoms with Crippen molar-refractivity contribution in [3.05, 3.63) is 87.7 Å². The first-order chi connectivity index (χ1) is 17.5. The second kappa shape index (κ2) is 10.2. The van der Waals surface area contributed by atoms with Crippen LogP contribution in [0.3, 0.4) is 0 Å². The maximum absolute atomic E-state index is 14.5. The quantitative estimate of drug-likeness (QED) is 0.144. The standard InChI is InChI=1S/C25H18ClF7N2O3/c1-13-10-16(23(27,24(28,29)30)25(31,32)33)11-14(2)19(13)38-22(37)15-6-4-7-17(12-15)35(3)21(36)18-8-5-9-34-20(18)26/h4-12H,1-3H3. The number of carbonyl (C=O) groups excluding carboxylic acids is 2. The third-order valence-electron chi connectivity index (χ3n) is 5.60. The zero-order chi connectivity index (χ0) is 28.6. The molecule has 1 heterocycles. The number of amides is 1. The molecule has 0 radical (unpaired) electrons. The first-order valence-corrected chi connectivity index (χ1v) is 11.0. The molecule has 0 aliphatic carbocycles. The van der Waals surface area contributed by atoms with Gasteiger partial charge >= 0.3 is 24.0 Å². The monoisotopic (exact) mass is 562 g/mol. The van der Waals surface area contributed by atoms with E-state index in [0.29, 0.717) is 12.1 Å². The van der Waals surface area contributed by atoms with Crippen molar-refractivity contribution in [1.82, 2.24) is 4.98 Å². The van der Waals surface area contributed by atoms with E-state index in [0.717, 1.165) is 13.8 Å². The van der Waals surface area contributed by atoms with Crippen LogP contribution in [0.5, 0.6) is 5.75 Å². The Morgan fingerprint density at radius 1 is 0.895 bits per heavy atom. The van der Waals surface area contributed by atoms with Gasteiger partial charge in [0, 0.05) is 24.5 Å². The van der Waals surface area contributed by atoms with Crippen LogP contribution in [0.1, 0.15) is 37.4 Å². The summed E-state index contributed by atoms with van der Waals surface area (Å²) in [4.78, 5) is 30.6. The Hall–Kier alpha value is -3.67. The van der Waals surface area contributed by atoms with Crippen LogP contribution in [0.25, 0.3) is 0 Å². The van der Waals surface area contributed by atoms with Crippen LogP contribution < -0.4 is 9.64 Å². The van der Waals surface area contributed by atoms with Gasteiger partial charge in [-0.15, -0.1) is 0 Å². The van der Waals surface area contributed by atoms with Gasteiger partial charge < -0.3 is 9.64 Å². The van der Waals surface area contributed by atoms with Gasteiger partial charge in [0.2, 0.25) is 0 Å². The zero-order valence-electron chi connectivity index (χ0n) is 19.8. The van der Waals surface area contributed by atoms with Gasteiger partial charge in [-0.2, -0.15) is 26.3 Å². The number of alkyl halides is 7. The molecule has 2 aromatic carbocycles. The molecule has 38 heavy (non-hydrogen) atoms. The van der Waals surface area contributed by atoms with Crippen LogP contribution in [0.4, 0.5) is 36.4 Å². The molecule has 0 N–H and O–H groups in total. The van der Waals surface area contributed by atoms with Crippen molar-refractivity contribution in [2.24, 2.45) is 0 Å². The number of benzene rings is 2. The first kappa shape index (κ1) is 28.9. The summed E-state index contributed by atoms with van der Waals surface area (Å²) >= 11 is 5.96. The number of ether oxygens (including phenoxy) is 1. The number of carbonyl (C=O) groups is 2. The third-order valence-corrected chi connectivity index (χ3v) is 5.90. The number of aryl methyl sites for hydroxylation is 2. The SMILES string of the molecule is Cc1cc(C(F)(C(F)(F)F)C(F)(F)F)cc(C)c1OC(=O)c1cccc(N(C)C(=O)c2cccnc2Cl)c1. The Labute approximate surface area is 216 Å². The molecule has 0 aliphatic heterocycles. The molecule has 0 bridgehead atoms. The molecule has 1 aromatic heterocycles. The third kappa shape index (κ3) is 5.31. The van der Waals surface area contributed by atoms with E-state index in [1.165, 1.54) is 54.5 Å². The lowest BCUT2D eigenvalue weighted by molar-refractivity contribution is -0.348. The van der Waals surface area contributed by atoms with E-state index in [9.17, 15) is 40.3 Å². The largest absolute Gasteiger partial charge is 0.435 e. The predicted octanol–water partition coefficient (Wildman–Crippen LogP) is 7.14. The Morgan fingerprint density at radius 2 is 1.47 bits per heavy atom. The molecule has 13 heteroatoms. The van der Waals surface area contributed by atoms with E-state index in [-0.39, 0.29) is 38.8 Å². The number of pyridine rings is 1. The lowest BCUT2D eigenvalue weighted by Crippen LogP contribution is -2.50. The van der Waals surface area contributed by atoms with E-state index < -0.39 is 35.5 Å². The molecule has 0 fully saturated rings. The van der Waals surface area contributed by atoms with Crippen LogP contribution in [-0.4, -0.2) is 36.3 Å². The van der Waals surface area contributed by atoms with Crippen molar-refractivity contribution in [3.63, 3.8) is 0 Å². The second-order valence-corrected chi connectivity index (χ2v) is 8.60. The molecule has 0 saturated carbocycles. The zero-order valence-corrected chi connectivity index (χ0v) is 20.6. The average Bonchev–Trinajstić information content (AvgIpc) is 2.83. The van der Waals surface area contributed by atoms with E-state index in [4.69, 9.17) is 16.3 Å². The van der Waals surface area contributed by atoms with Crippen LogP contribution in [0.15, 0.2) is 54.7 Å². The molecule has 0 saturated heterocycles. The molecule has 3 rings (SSSR count). The number of rotatable bonds is 5. The molecular weight excluding hydrogens is 545 g/mol. The summed E-state index contributed by atoms with van der Waals surface area (Å²) in [6, 6.07) is 9.14. The number of aromatic nitrogens is 1. The normalized spacial score (nSPS) is 12.3. The van der Waals surface area contributed by atoms with Gasteiger partial charge in [-0.25, -0.2) is 14.2 Å². The topological polar surface area (TPSA) is 59.5 Å².